The molecular formula is C10H16O. The monoisotopic (exact) mass is 152 g/mol. The smallest absolute Gasteiger partial charge is 0.0545 e. The zero-order valence-electron chi connectivity index (χ0n) is 7.03. The molecule has 6 unspecified atom stereocenters. The standard InChI is InChI=1S/C10H16O/c1-5(11)10-7-3-2-6-8(7)4-9(6)10/h5-11H,2-4H2,1H3. The first kappa shape index (κ1) is 6.47. The number of aliphatic hydroxyl groups is 1. The molecule has 11 heavy (non-hydrogen) atoms. The molecule has 4 fully saturated rings. The molecule has 1 N–H and O–H groups in total. The molecule has 4 rings (SSSR count). The molecule has 1 heteroatoms. The zero-order valence-corrected chi connectivity index (χ0v) is 7.03. The Kier molecular flexibility index (Phi) is 1.07. The third-order valence-corrected chi connectivity index (χ3v) is 4.57. The summed E-state index contributed by atoms with van der Waals surface area (Å²) in [6.07, 6.45) is 4.32. The summed E-state index contributed by atoms with van der Waals surface area (Å²) in [5.74, 6) is 4.63. The summed E-state index contributed by atoms with van der Waals surface area (Å²) in [5, 5.41) is 9.57. The fourth-order valence-electron chi connectivity index (χ4n) is 4.26. The highest BCUT2D eigenvalue weighted by atomic mass is 16.3. The molecule has 4 bridgehead atoms. The van der Waals surface area contributed by atoms with Gasteiger partial charge in [0.05, 0.1) is 6.10 Å². The van der Waals surface area contributed by atoms with Gasteiger partial charge in [-0.3, -0.25) is 0 Å². The van der Waals surface area contributed by atoms with Crippen LogP contribution in [0.3, 0.4) is 0 Å². The molecular weight excluding hydrogens is 136 g/mol. The summed E-state index contributed by atoms with van der Waals surface area (Å²) in [5.41, 5.74) is 0. The maximum Gasteiger partial charge on any atom is 0.0545 e. The van der Waals surface area contributed by atoms with Gasteiger partial charge in [-0.1, -0.05) is 0 Å². The lowest BCUT2D eigenvalue weighted by molar-refractivity contribution is 0.0503. The van der Waals surface area contributed by atoms with Crippen LogP contribution in [0.5, 0.6) is 0 Å². The van der Waals surface area contributed by atoms with Gasteiger partial charge in [-0.25, -0.2) is 0 Å². The van der Waals surface area contributed by atoms with Gasteiger partial charge in [0.15, 0.2) is 0 Å². The van der Waals surface area contributed by atoms with Crippen LogP contribution in [0.4, 0.5) is 0 Å². The molecule has 0 aromatic carbocycles. The quantitative estimate of drug-likeness (QED) is 0.606. The van der Waals surface area contributed by atoms with E-state index in [2.05, 4.69) is 0 Å². The molecule has 0 spiro atoms. The minimum Gasteiger partial charge on any atom is -0.393 e. The molecule has 0 aliphatic heterocycles. The first-order chi connectivity index (χ1) is 5.29. The second kappa shape index (κ2) is 1.82. The third-order valence-electron chi connectivity index (χ3n) is 4.57. The average Bonchev–Trinajstić information content (AvgIpc) is 2.46. The van der Waals surface area contributed by atoms with Crippen LogP contribution < -0.4 is 0 Å². The van der Waals surface area contributed by atoms with Gasteiger partial charge in [-0.15, -0.1) is 0 Å². The second-order valence-corrected chi connectivity index (χ2v) is 4.79. The predicted octanol–water partition coefficient (Wildman–Crippen LogP) is 1.66. The fraction of sp³-hybridized carbons (Fsp3) is 1.00. The largest absolute Gasteiger partial charge is 0.393 e. The van der Waals surface area contributed by atoms with Crippen LogP contribution in [0.1, 0.15) is 26.2 Å². The number of rotatable bonds is 1. The van der Waals surface area contributed by atoms with Gasteiger partial charge in [-0.2, -0.15) is 0 Å². The molecule has 6 atom stereocenters. The Morgan fingerprint density at radius 1 is 1.09 bits per heavy atom. The lowest BCUT2D eigenvalue weighted by Gasteiger charge is -2.36. The van der Waals surface area contributed by atoms with Gasteiger partial charge in [0.25, 0.3) is 0 Å². The van der Waals surface area contributed by atoms with E-state index >= 15 is 0 Å². The fourth-order valence-corrected chi connectivity index (χ4v) is 4.26. The summed E-state index contributed by atoms with van der Waals surface area (Å²) in [6.45, 7) is 1.99. The van der Waals surface area contributed by atoms with E-state index in [1.54, 1.807) is 0 Å². The average molecular weight is 152 g/mol. The van der Waals surface area contributed by atoms with Gasteiger partial charge < -0.3 is 5.11 Å². The van der Waals surface area contributed by atoms with Crippen molar-refractivity contribution >= 4 is 0 Å². The van der Waals surface area contributed by atoms with Crippen LogP contribution >= 0.6 is 0 Å². The maximum absolute atomic E-state index is 9.57. The molecule has 0 radical (unpaired) electrons. The van der Waals surface area contributed by atoms with E-state index in [1.165, 1.54) is 19.3 Å². The van der Waals surface area contributed by atoms with E-state index in [0.29, 0.717) is 5.92 Å². The molecule has 4 aliphatic rings. The van der Waals surface area contributed by atoms with E-state index in [-0.39, 0.29) is 6.10 Å². The van der Waals surface area contributed by atoms with Crippen molar-refractivity contribution in [2.75, 3.05) is 0 Å². The van der Waals surface area contributed by atoms with E-state index in [0.717, 1.165) is 23.7 Å². The van der Waals surface area contributed by atoms with Crippen molar-refractivity contribution in [3.63, 3.8) is 0 Å². The first-order valence-electron chi connectivity index (χ1n) is 4.97. The minimum absolute atomic E-state index is 0.0275. The van der Waals surface area contributed by atoms with E-state index < -0.39 is 0 Å². The van der Waals surface area contributed by atoms with E-state index in [9.17, 15) is 5.11 Å². The summed E-state index contributed by atoms with van der Waals surface area (Å²) in [7, 11) is 0. The number of hydrogen-bond acceptors (Lipinski definition) is 1. The van der Waals surface area contributed by atoms with Crippen molar-refractivity contribution in [1.29, 1.82) is 0 Å². The summed E-state index contributed by atoms with van der Waals surface area (Å²) in [6, 6.07) is 0. The third kappa shape index (κ3) is 0.581. The van der Waals surface area contributed by atoms with Crippen molar-refractivity contribution in [3.05, 3.63) is 0 Å². The molecule has 0 heterocycles. The Morgan fingerprint density at radius 3 is 2.27 bits per heavy atom. The Labute approximate surface area is 67.8 Å². The van der Waals surface area contributed by atoms with Crippen molar-refractivity contribution in [3.8, 4) is 0 Å². The van der Waals surface area contributed by atoms with Crippen LogP contribution in [0.2, 0.25) is 0 Å². The first-order valence-corrected chi connectivity index (χ1v) is 4.97. The molecule has 0 aromatic rings. The normalized spacial score (nSPS) is 61.1. The van der Waals surface area contributed by atoms with Gasteiger partial charge in [-0.05, 0) is 55.8 Å². The molecule has 1 nitrogen and oxygen atoms in total. The molecule has 62 valence electrons. The summed E-state index contributed by atoms with van der Waals surface area (Å²) in [4.78, 5) is 0. The van der Waals surface area contributed by atoms with Crippen LogP contribution in [-0.2, 0) is 0 Å². The Morgan fingerprint density at radius 2 is 1.82 bits per heavy atom. The maximum atomic E-state index is 9.57. The molecule has 4 aliphatic carbocycles. The Bertz CT molecular complexity index is 187. The van der Waals surface area contributed by atoms with Gasteiger partial charge >= 0.3 is 0 Å². The van der Waals surface area contributed by atoms with E-state index in [1.807, 2.05) is 6.92 Å². The van der Waals surface area contributed by atoms with Crippen LogP contribution in [0, 0.1) is 29.6 Å². The van der Waals surface area contributed by atoms with Crippen LogP contribution in [0.25, 0.3) is 0 Å². The molecule has 0 saturated heterocycles. The number of aliphatic hydroxyl groups excluding tert-OH is 1. The highest BCUT2D eigenvalue weighted by Gasteiger charge is 2.63. The Hall–Kier alpha value is -0.0400. The van der Waals surface area contributed by atoms with Crippen molar-refractivity contribution in [2.45, 2.75) is 32.3 Å². The topological polar surface area (TPSA) is 20.2 Å². The zero-order chi connectivity index (χ0) is 7.59. The second-order valence-electron chi connectivity index (χ2n) is 4.79. The Balaban J connectivity index is 1.89. The lowest BCUT2D eigenvalue weighted by Crippen LogP contribution is -2.32. The van der Waals surface area contributed by atoms with Gasteiger partial charge in [0.2, 0.25) is 0 Å². The molecule has 0 amide bonds. The SMILES string of the molecule is CC(O)C1C2CCC3C2CC31. The summed E-state index contributed by atoms with van der Waals surface area (Å²) < 4.78 is 0. The predicted molar refractivity (Wildman–Crippen MR) is 43.0 cm³/mol. The minimum atomic E-state index is -0.0275. The van der Waals surface area contributed by atoms with Crippen LogP contribution in [0.15, 0.2) is 0 Å². The van der Waals surface area contributed by atoms with Gasteiger partial charge in [0.1, 0.15) is 0 Å². The van der Waals surface area contributed by atoms with Gasteiger partial charge in [0, 0.05) is 0 Å². The number of hydrogen-bond donors (Lipinski definition) is 1. The van der Waals surface area contributed by atoms with Crippen LogP contribution in [-0.4, -0.2) is 11.2 Å². The lowest BCUT2D eigenvalue weighted by atomic mass is 9.70. The van der Waals surface area contributed by atoms with Crippen molar-refractivity contribution in [1.82, 2.24) is 0 Å². The highest BCUT2D eigenvalue weighted by molar-refractivity contribution is 5.11. The van der Waals surface area contributed by atoms with E-state index in [4.69, 9.17) is 0 Å². The van der Waals surface area contributed by atoms with Crippen molar-refractivity contribution in [2.24, 2.45) is 29.6 Å². The molecule has 4 saturated carbocycles. The van der Waals surface area contributed by atoms with Crippen molar-refractivity contribution < 1.29 is 5.11 Å². The molecule has 0 aromatic heterocycles. The summed E-state index contributed by atoms with van der Waals surface area (Å²) >= 11 is 0. The highest BCUT2D eigenvalue weighted by Crippen LogP contribution is 2.68.